The second-order valence-corrected chi connectivity index (χ2v) is 8.39. The zero-order valence-electron chi connectivity index (χ0n) is 18.7. The van der Waals surface area contributed by atoms with Crippen molar-refractivity contribution in [2.45, 2.75) is 38.3 Å². The second-order valence-electron chi connectivity index (χ2n) is 8.39. The molecule has 33 heavy (non-hydrogen) atoms. The number of amides is 4. The molecular formula is C25H27N3O5. The molecule has 0 aliphatic carbocycles. The van der Waals surface area contributed by atoms with Crippen LogP contribution in [0.15, 0.2) is 48.5 Å². The van der Waals surface area contributed by atoms with Crippen molar-refractivity contribution in [3.63, 3.8) is 0 Å². The fourth-order valence-corrected chi connectivity index (χ4v) is 4.39. The third-order valence-corrected chi connectivity index (χ3v) is 6.27. The van der Waals surface area contributed by atoms with Crippen molar-refractivity contribution in [3.05, 3.63) is 65.2 Å². The van der Waals surface area contributed by atoms with Gasteiger partial charge in [0.15, 0.2) is 0 Å². The first kappa shape index (κ1) is 22.5. The van der Waals surface area contributed by atoms with Gasteiger partial charge in [-0.2, -0.15) is 0 Å². The fraction of sp³-hybridized carbons (Fsp3) is 0.360. The molecule has 0 bridgehead atoms. The van der Waals surface area contributed by atoms with Crippen molar-refractivity contribution < 1.29 is 23.9 Å². The molecule has 172 valence electrons. The van der Waals surface area contributed by atoms with E-state index in [4.69, 9.17) is 4.74 Å². The quantitative estimate of drug-likeness (QED) is 0.681. The molecule has 4 rings (SSSR count). The Bertz CT molecular complexity index is 1040. The number of hydrogen-bond donors (Lipinski definition) is 1. The number of hydrogen-bond acceptors (Lipinski definition) is 5. The molecule has 1 saturated heterocycles. The van der Waals surface area contributed by atoms with E-state index in [9.17, 15) is 19.2 Å². The van der Waals surface area contributed by atoms with Gasteiger partial charge >= 0.3 is 0 Å². The number of ether oxygens (including phenoxy) is 1. The second kappa shape index (κ2) is 9.44. The maximum absolute atomic E-state index is 13.0. The van der Waals surface area contributed by atoms with Gasteiger partial charge in [-0.15, -0.1) is 0 Å². The summed E-state index contributed by atoms with van der Waals surface area (Å²) in [4.78, 5) is 53.5. The standard InChI is InChI=1S/C25H27N3O5/c1-16(28-24(31)20-5-3-4-6-21(20)25(28)32)23(30)27-13-11-18(12-14-27)26-22(29)15-17-7-9-19(33-2)10-8-17/h3-10,16,18H,11-15H2,1-2H3,(H,26,29). The monoisotopic (exact) mass is 449 g/mol. The lowest BCUT2D eigenvalue weighted by molar-refractivity contribution is -0.136. The van der Waals surface area contributed by atoms with E-state index < -0.39 is 17.9 Å². The maximum atomic E-state index is 13.0. The molecule has 8 heteroatoms. The molecule has 2 heterocycles. The molecule has 0 radical (unpaired) electrons. The highest BCUT2D eigenvalue weighted by Gasteiger charge is 2.42. The van der Waals surface area contributed by atoms with Crippen molar-refractivity contribution >= 4 is 23.6 Å². The van der Waals surface area contributed by atoms with E-state index >= 15 is 0 Å². The molecule has 0 aromatic heterocycles. The molecule has 0 saturated carbocycles. The van der Waals surface area contributed by atoms with E-state index in [1.165, 1.54) is 0 Å². The minimum Gasteiger partial charge on any atom is -0.497 e. The smallest absolute Gasteiger partial charge is 0.262 e. The van der Waals surface area contributed by atoms with E-state index in [0.29, 0.717) is 37.1 Å². The number of carbonyl (C=O) groups excluding carboxylic acids is 4. The van der Waals surface area contributed by atoms with E-state index in [1.807, 2.05) is 24.3 Å². The average Bonchev–Trinajstić information content (AvgIpc) is 3.09. The maximum Gasteiger partial charge on any atom is 0.262 e. The van der Waals surface area contributed by atoms with Crippen LogP contribution in [0.2, 0.25) is 0 Å². The van der Waals surface area contributed by atoms with Crippen LogP contribution in [-0.2, 0) is 16.0 Å². The first-order valence-corrected chi connectivity index (χ1v) is 11.1. The van der Waals surface area contributed by atoms with Crippen LogP contribution in [0.1, 0.15) is 46.0 Å². The van der Waals surface area contributed by atoms with Gasteiger partial charge in [-0.1, -0.05) is 24.3 Å². The number of nitrogens with zero attached hydrogens (tertiary/aromatic N) is 2. The number of likely N-dealkylation sites (tertiary alicyclic amines) is 1. The molecule has 2 aliphatic rings. The summed E-state index contributed by atoms with van der Waals surface area (Å²) in [5.74, 6) is -0.447. The molecule has 1 N–H and O–H groups in total. The Labute approximate surface area is 192 Å². The van der Waals surface area contributed by atoms with Gasteiger partial charge in [0.1, 0.15) is 11.8 Å². The number of rotatable bonds is 6. The van der Waals surface area contributed by atoms with Crippen molar-refractivity contribution in [2.24, 2.45) is 0 Å². The summed E-state index contributed by atoms with van der Waals surface area (Å²) in [6.45, 7) is 2.51. The first-order chi connectivity index (χ1) is 15.9. The number of fused-ring (bicyclic) bond motifs is 1. The number of piperidine rings is 1. The third-order valence-electron chi connectivity index (χ3n) is 6.27. The van der Waals surface area contributed by atoms with E-state index in [1.54, 1.807) is 43.2 Å². The van der Waals surface area contributed by atoms with Crippen LogP contribution in [0.4, 0.5) is 0 Å². The van der Waals surface area contributed by atoms with E-state index in [0.717, 1.165) is 16.2 Å². The summed E-state index contributed by atoms with van der Waals surface area (Å²) < 4.78 is 5.13. The number of carbonyl (C=O) groups is 4. The predicted octanol–water partition coefficient (Wildman–Crippen LogP) is 2.03. The fourth-order valence-electron chi connectivity index (χ4n) is 4.39. The molecule has 2 aliphatic heterocycles. The predicted molar refractivity (Wildman–Crippen MR) is 121 cm³/mol. The third kappa shape index (κ3) is 4.60. The van der Waals surface area contributed by atoms with E-state index in [2.05, 4.69) is 5.32 Å². The number of methoxy groups -OCH3 is 1. The molecule has 1 fully saturated rings. The van der Waals surface area contributed by atoms with Crippen molar-refractivity contribution in [3.8, 4) is 5.75 Å². The highest BCUT2D eigenvalue weighted by atomic mass is 16.5. The lowest BCUT2D eigenvalue weighted by atomic mass is 10.0. The summed E-state index contributed by atoms with van der Waals surface area (Å²) >= 11 is 0. The largest absolute Gasteiger partial charge is 0.497 e. The minimum atomic E-state index is -0.876. The number of benzene rings is 2. The van der Waals surface area contributed by atoms with Gasteiger partial charge in [-0.3, -0.25) is 24.1 Å². The van der Waals surface area contributed by atoms with Gasteiger partial charge in [-0.25, -0.2) is 0 Å². The molecule has 0 spiro atoms. The summed E-state index contributed by atoms with van der Waals surface area (Å²) in [5.41, 5.74) is 1.57. The van der Waals surface area contributed by atoms with Crippen LogP contribution < -0.4 is 10.1 Å². The van der Waals surface area contributed by atoms with Crippen LogP contribution in [0, 0.1) is 0 Å². The number of nitrogens with one attached hydrogen (secondary N) is 1. The van der Waals surface area contributed by atoms with Crippen molar-refractivity contribution in [1.82, 2.24) is 15.1 Å². The van der Waals surface area contributed by atoms with Gasteiger partial charge in [-0.05, 0) is 49.6 Å². The Balaban J connectivity index is 1.28. The Morgan fingerprint density at radius 2 is 1.58 bits per heavy atom. The Hall–Kier alpha value is -3.68. The Morgan fingerprint density at radius 1 is 1.00 bits per heavy atom. The van der Waals surface area contributed by atoms with Crippen LogP contribution >= 0.6 is 0 Å². The normalized spacial score (nSPS) is 17.0. The molecule has 8 nitrogen and oxygen atoms in total. The topological polar surface area (TPSA) is 96.0 Å². The molecular weight excluding hydrogens is 422 g/mol. The lowest BCUT2D eigenvalue weighted by Gasteiger charge is -2.35. The SMILES string of the molecule is COc1ccc(CC(=O)NC2CCN(C(=O)C(C)N3C(=O)c4ccccc4C3=O)CC2)cc1. The minimum absolute atomic E-state index is 0.0191. The lowest BCUT2D eigenvalue weighted by Crippen LogP contribution is -2.53. The van der Waals surface area contributed by atoms with Crippen molar-refractivity contribution in [2.75, 3.05) is 20.2 Å². The Morgan fingerprint density at radius 3 is 2.12 bits per heavy atom. The van der Waals surface area contributed by atoms with Gasteiger partial charge in [0.05, 0.1) is 24.7 Å². The van der Waals surface area contributed by atoms with Gasteiger partial charge in [0.25, 0.3) is 11.8 Å². The van der Waals surface area contributed by atoms with Gasteiger partial charge in [0.2, 0.25) is 11.8 Å². The average molecular weight is 450 g/mol. The summed E-state index contributed by atoms with van der Waals surface area (Å²) in [6, 6.07) is 13.1. The highest BCUT2D eigenvalue weighted by Crippen LogP contribution is 2.25. The molecule has 1 unspecified atom stereocenters. The summed E-state index contributed by atoms with van der Waals surface area (Å²) in [5, 5.41) is 3.04. The molecule has 1 atom stereocenters. The summed E-state index contributed by atoms with van der Waals surface area (Å²) in [6.07, 6.45) is 1.52. The van der Waals surface area contributed by atoms with Crippen LogP contribution in [0.25, 0.3) is 0 Å². The highest BCUT2D eigenvalue weighted by molar-refractivity contribution is 6.22. The molecule has 2 aromatic rings. The van der Waals surface area contributed by atoms with Gasteiger partial charge in [0, 0.05) is 19.1 Å². The van der Waals surface area contributed by atoms with Crippen LogP contribution in [-0.4, -0.2) is 65.7 Å². The Kier molecular flexibility index (Phi) is 6.44. The van der Waals surface area contributed by atoms with Crippen molar-refractivity contribution in [1.29, 1.82) is 0 Å². The number of imide groups is 1. The molecule has 4 amide bonds. The zero-order valence-corrected chi connectivity index (χ0v) is 18.7. The van der Waals surface area contributed by atoms with Gasteiger partial charge < -0.3 is 15.0 Å². The zero-order chi connectivity index (χ0) is 23.5. The summed E-state index contributed by atoms with van der Waals surface area (Å²) in [7, 11) is 1.60. The first-order valence-electron chi connectivity index (χ1n) is 11.1. The van der Waals surface area contributed by atoms with Crippen LogP contribution in [0.5, 0.6) is 5.75 Å². The molecule has 2 aromatic carbocycles. The van der Waals surface area contributed by atoms with Crippen LogP contribution in [0.3, 0.4) is 0 Å². The van der Waals surface area contributed by atoms with E-state index in [-0.39, 0.29) is 24.3 Å².